The summed E-state index contributed by atoms with van der Waals surface area (Å²) in [6.45, 7) is 8.12. The molecule has 0 spiro atoms. The van der Waals surface area contributed by atoms with E-state index in [-0.39, 0.29) is 11.9 Å². The molecule has 2 atom stereocenters. The predicted octanol–water partition coefficient (Wildman–Crippen LogP) is 4.34. The minimum absolute atomic E-state index is 0.0461. The van der Waals surface area contributed by atoms with Gasteiger partial charge in [0.15, 0.2) is 6.10 Å². The number of nitrogens with one attached hydrogen (secondary N) is 1. The van der Waals surface area contributed by atoms with Crippen molar-refractivity contribution >= 4 is 5.91 Å². The summed E-state index contributed by atoms with van der Waals surface area (Å²) in [5.41, 5.74) is 3.60. The van der Waals surface area contributed by atoms with Gasteiger partial charge in [0.05, 0.1) is 6.04 Å². The highest BCUT2D eigenvalue weighted by atomic mass is 16.5. The molecule has 0 saturated carbocycles. The maximum Gasteiger partial charge on any atom is 0.261 e. The lowest BCUT2D eigenvalue weighted by Crippen LogP contribution is -2.39. The Kier molecular flexibility index (Phi) is 5.80. The number of amides is 1. The topological polar surface area (TPSA) is 38.3 Å². The van der Waals surface area contributed by atoms with E-state index in [2.05, 4.69) is 37.4 Å². The van der Waals surface area contributed by atoms with Crippen molar-refractivity contribution in [1.29, 1.82) is 0 Å². The smallest absolute Gasteiger partial charge is 0.261 e. The molecule has 0 heterocycles. The van der Waals surface area contributed by atoms with Gasteiger partial charge < -0.3 is 10.1 Å². The van der Waals surface area contributed by atoms with Crippen LogP contribution in [0.3, 0.4) is 0 Å². The molecule has 2 aromatic rings. The molecule has 0 aliphatic carbocycles. The Bertz CT molecular complexity index is 652. The molecule has 0 aliphatic rings. The summed E-state index contributed by atoms with van der Waals surface area (Å²) in [5, 5.41) is 3.05. The van der Waals surface area contributed by atoms with Gasteiger partial charge in [-0.25, -0.2) is 0 Å². The van der Waals surface area contributed by atoms with Crippen LogP contribution in [0.5, 0.6) is 5.75 Å². The quantitative estimate of drug-likeness (QED) is 0.862. The van der Waals surface area contributed by atoms with Crippen LogP contribution < -0.4 is 10.1 Å². The molecule has 122 valence electrons. The van der Waals surface area contributed by atoms with Crippen LogP contribution in [0.25, 0.3) is 0 Å². The molecule has 3 heteroatoms. The fourth-order valence-electron chi connectivity index (χ4n) is 2.41. The number of hydrogen-bond donors (Lipinski definition) is 1. The molecular weight excluding hydrogens is 286 g/mol. The lowest BCUT2D eigenvalue weighted by atomic mass is 10.0. The van der Waals surface area contributed by atoms with E-state index in [1.165, 1.54) is 11.1 Å². The van der Waals surface area contributed by atoms with Crippen LogP contribution in [0.4, 0.5) is 0 Å². The SMILES string of the molecule is CC[C@H](Oc1ccccc1)C(=O)N[C@@H](C)c1ccc(C)c(C)c1. The molecule has 3 nitrogen and oxygen atoms in total. The lowest BCUT2D eigenvalue weighted by Gasteiger charge is -2.21. The Morgan fingerprint density at radius 2 is 1.78 bits per heavy atom. The normalized spacial score (nSPS) is 13.2. The van der Waals surface area contributed by atoms with E-state index < -0.39 is 6.10 Å². The van der Waals surface area contributed by atoms with E-state index >= 15 is 0 Å². The van der Waals surface area contributed by atoms with Gasteiger partial charge in [-0.2, -0.15) is 0 Å². The van der Waals surface area contributed by atoms with Crippen LogP contribution in [0.1, 0.15) is 43.0 Å². The Balaban J connectivity index is 2.02. The molecule has 0 aliphatic heterocycles. The fraction of sp³-hybridized carbons (Fsp3) is 0.350. The maximum absolute atomic E-state index is 12.5. The highest BCUT2D eigenvalue weighted by Crippen LogP contribution is 2.18. The number of rotatable bonds is 6. The van der Waals surface area contributed by atoms with Gasteiger partial charge >= 0.3 is 0 Å². The average molecular weight is 311 g/mol. The van der Waals surface area contributed by atoms with Crippen molar-refractivity contribution in [3.63, 3.8) is 0 Å². The number of ether oxygens (including phenoxy) is 1. The zero-order valence-corrected chi connectivity index (χ0v) is 14.3. The highest BCUT2D eigenvalue weighted by Gasteiger charge is 2.20. The van der Waals surface area contributed by atoms with Gasteiger partial charge in [0, 0.05) is 0 Å². The second kappa shape index (κ2) is 7.82. The Morgan fingerprint density at radius 1 is 1.09 bits per heavy atom. The maximum atomic E-state index is 12.5. The van der Waals surface area contributed by atoms with Gasteiger partial charge in [-0.3, -0.25) is 4.79 Å². The van der Waals surface area contributed by atoms with Gasteiger partial charge in [-0.1, -0.05) is 43.3 Å². The van der Waals surface area contributed by atoms with Gasteiger partial charge in [-0.15, -0.1) is 0 Å². The van der Waals surface area contributed by atoms with E-state index in [4.69, 9.17) is 4.74 Å². The summed E-state index contributed by atoms with van der Waals surface area (Å²) in [6.07, 6.45) is 0.145. The first kappa shape index (κ1) is 17.1. The first-order chi connectivity index (χ1) is 11.0. The van der Waals surface area contributed by atoms with Crippen molar-refractivity contribution in [2.45, 2.75) is 46.3 Å². The third kappa shape index (κ3) is 4.59. The first-order valence-electron chi connectivity index (χ1n) is 8.10. The van der Waals surface area contributed by atoms with Gasteiger partial charge in [0.25, 0.3) is 5.91 Å². The second-order valence-electron chi connectivity index (χ2n) is 5.90. The van der Waals surface area contributed by atoms with Crippen molar-refractivity contribution in [2.75, 3.05) is 0 Å². The third-order valence-electron chi connectivity index (χ3n) is 4.07. The molecule has 1 amide bonds. The summed E-state index contributed by atoms with van der Waals surface area (Å²) in [5.74, 6) is 0.635. The van der Waals surface area contributed by atoms with Crippen molar-refractivity contribution in [3.05, 3.63) is 65.2 Å². The number of carbonyl (C=O) groups excluding carboxylic acids is 1. The largest absolute Gasteiger partial charge is 0.481 e. The molecule has 0 aromatic heterocycles. The molecular formula is C20H25NO2. The van der Waals surface area contributed by atoms with Crippen LogP contribution in [0.15, 0.2) is 48.5 Å². The summed E-state index contributed by atoms with van der Waals surface area (Å²) in [7, 11) is 0. The van der Waals surface area contributed by atoms with Crippen molar-refractivity contribution in [1.82, 2.24) is 5.32 Å². The van der Waals surface area contributed by atoms with Crippen LogP contribution in [0.2, 0.25) is 0 Å². The molecule has 2 aromatic carbocycles. The number of para-hydroxylation sites is 1. The molecule has 1 N–H and O–H groups in total. The number of aryl methyl sites for hydroxylation is 2. The monoisotopic (exact) mass is 311 g/mol. The average Bonchev–Trinajstić information content (AvgIpc) is 2.55. The van der Waals surface area contributed by atoms with E-state index in [0.29, 0.717) is 12.2 Å². The third-order valence-corrected chi connectivity index (χ3v) is 4.07. The van der Waals surface area contributed by atoms with Gasteiger partial charge in [0.1, 0.15) is 5.75 Å². The second-order valence-corrected chi connectivity index (χ2v) is 5.90. The van der Waals surface area contributed by atoms with E-state index in [1.54, 1.807) is 0 Å². The van der Waals surface area contributed by atoms with Gasteiger partial charge in [0.2, 0.25) is 0 Å². The molecule has 0 radical (unpaired) electrons. The highest BCUT2D eigenvalue weighted by molar-refractivity contribution is 5.81. The molecule has 23 heavy (non-hydrogen) atoms. The molecule has 0 saturated heterocycles. The van der Waals surface area contributed by atoms with E-state index in [0.717, 1.165) is 5.56 Å². The van der Waals surface area contributed by atoms with Crippen molar-refractivity contribution in [3.8, 4) is 5.75 Å². The Morgan fingerprint density at radius 3 is 2.39 bits per heavy atom. The van der Waals surface area contributed by atoms with Crippen molar-refractivity contribution in [2.24, 2.45) is 0 Å². The summed E-state index contributed by atoms with van der Waals surface area (Å²) < 4.78 is 5.79. The number of hydrogen-bond acceptors (Lipinski definition) is 2. The van der Waals surface area contributed by atoms with Crippen LogP contribution >= 0.6 is 0 Å². The molecule has 2 rings (SSSR count). The predicted molar refractivity (Wildman–Crippen MR) is 93.6 cm³/mol. The minimum atomic E-state index is -0.480. The van der Waals surface area contributed by atoms with E-state index in [1.807, 2.05) is 44.2 Å². The zero-order chi connectivity index (χ0) is 16.8. The van der Waals surface area contributed by atoms with Crippen LogP contribution in [-0.4, -0.2) is 12.0 Å². The van der Waals surface area contributed by atoms with Gasteiger partial charge in [-0.05, 0) is 56.0 Å². The van der Waals surface area contributed by atoms with Crippen LogP contribution in [0, 0.1) is 13.8 Å². The molecule has 0 bridgehead atoms. The van der Waals surface area contributed by atoms with Crippen molar-refractivity contribution < 1.29 is 9.53 Å². The standard InChI is InChI=1S/C20H25NO2/c1-5-19(23-18-9-7-6-8-10-18)20(22)21-16(4)17-12-11-14(2)15(3)13-17/h6-13,16,19H,5H2,1-4H3,(H,21,22)/t16-,19-/m0/s1. The fourth-order valence-corrected chi connectivity index (χ4v) is 2.41. The van der Waals surface area contributed by atoms with Crippen LogP contribution in [-0.2, 0) is 4.79 Å². The Labute approximate surface area is 138 Å². The Hall–Kier alpha value is -2.29. The molecule has 0 unspecified atom stereocenters. The molecule has 0 fully saturated rings. The minimum Gasteiger partial charge on any atom is -0.481 e. The van der Waals surface area contributed by atoms with E-state index in [9.17, 15) is 4.79 Å². The summed E-state index contributed by atoms with van der Waals surface area (Å²) in [6, 6.07) is 15.7. The number of carbonyl (C=O) groups is 1. The summed E-state index contributed by atoms with van der Waals surface area (Å²) in [4.78, 5) is 12.5. The number of benzene rings is 2. The lowest BCUT2D eigenvalue weighted by molar-refractivity contribution is -0.128. The first-order valence-corrected chi connectivity index (χ1v) is 8.10. The summed E-state index contributed by atoms with van der Waals surface area (Å²) >= 11 is 0. The zero-order valence-electron chi connectivity index (χ0n) is 14.3.